The zero-order valence-corrected chi connectivity index (χ0v) is 14.6. The first-order valence-corrected chi connectivity index (χ1v) is 8.38. The second-order valence-electron chi connectivity index (χ2n) is 4.65. The average molecular weight is 367 g/mol. The summed E-state index contributed by atoms with van der Waals surface area (Å²) in [6.07, 6.45) is 4.46. The van der Waals surface area contributed by atoms with Crippen molar-refractivity contribution in [3.8, 4) is 0 Å². The second kappa shape index (κ2) is 11.9. The number of hydrogen-bond donors (Lipinski definition) is 1. The Balaban J connectivity index is 2.63. The van der Waals surface area contributed by atoms with Crippen LogP contribution in [0.1, 0.15) is 11.0 Å². The largest absolute Gasteiger partial charge is 0.460 e. The summed E-state index contributed by atoms with van der Waals surface area (Å²) in [5, 5.41) is 5.28. The van der Waals surface area contributed by atoms with Gasteiger partial charge in [-0.25, -0.2) is 14.6 Å². The molecule has 0 saturated heterocycles. The maximum Gasteiger partial charge on any atom is 0.410 e. The van der Waals surface area contributed by atoms with Crippen LogP contribution in [0.25, 0.3) is 0 Å². The van der Waals surface area contributed by atoms with Crippen LogP contribution in [0.2, 0.25) is 0 Å². The van der Waals surface area contributed by atoms with Crippen LogP contribution in [0, 0.1) is 0 Å². The molecule has 1 amide bonds. The fourth-order valence-corrected chi connectivity index (χ4v) is 2.48. The van der Waals surface area contributed by atoms with Crippen molar-refractivity contribution in [1.29, 1.82) is 0 Å². The average Bonchev–Trinajstić information content (AvgIpc) is 3.14. The van der Waals surface area contributed by atoms with Crippen molar-refractivity contribution in [3.05, 3.63) is 41.9 Å². The van der Waals surface area contributed by atoms with Gasteiger partial charge in [0, 0.05) is 24.7 Å². The van der Waals surface area contributed by atoms with E-state index in [2.05, 4.69) is 23.5 Å². The number of amides is 1. The molecule has 0 radical (unpaired) electrons. The third kappa shape index (κ3) is 7.27. The number of aromatic nitrogens is 1. The molecule has 9 heteroatoms. The number of nitrogens with zero attached hydrogens (tertiary/aromatic N) is 2. The van der Waals surface area contributed by atoms with Crippen LogP contribution in [-0.4, -0.2) is 61.1 Å². The van der Waals surface area contributed by atoms with E-state index in [4.69, 9.17) is 9.47 Å². The molecule has 1 unspecified atom stereocenters. The maximum atomic E-state index is 12.1. The topological polar surface area (TPSA) is 97.8 Å². The van der Waals surface area contributed by atoms with E-state index in [9.17, 15) is 14.4 Å². The van der Waals surface area contributed by atoms with Crippen LogP contribution in [0.15, 0.2) is 36.9 Å². The van der Waals surface area contributed by atoms with Gasteiger partial charge in [0.25, 0.3) is 0 Å². The van der Waals surface area contributed by atoms with Crippen LogP contribution in [-0.2, 0) is 19.1 Å². The molecule has 1 atom stereocenters. The first kappa shape index (κ1) is 20.5. The summed E-state index contributed by atoms with van der Waals surface area (Å²) in [4.78, 5) is 40.0. The molecule has 1 aromatic heterocycles. The van der Waals surface area contributed by atoms with Crippen molar-refractivity contribution >= 4 is 29.7 Å². The zero-order chi connectivity index (χ0) is 18.5. The molecule has 25 heavy (non-hydrogen) atoms. The van der Waals surface area contributed by atoms with E-state index in [1.54, 1.807) is 11.6 Å². The SMILES string of the molecule is C=CCOC(=O)C(NCCN(CC=O)C(=O)OCC=C)c1nccs1. The first-order chi connectivity index (χ1) is 12.1. The minimum absolute atomic E-state index is 0.0528. The minimum Gasteiger partial charge on any atom is -0.460 e. The number of ether oxygens (including phenoxy) is 2. The fourth-order valence-electron chi connectivity index (χ4n) is 1.79. The van der Waals surface area contributed by atoms with Crippen LogP contribution >= 0.6 is 11.3 Å². The van der Waals surface area contributed by atoms with Crippen molar-refractivity contribution in [3.63, 3.8) is 0 Å². The fraction of sp³-hybridized carbons (Fsp3) is 0.375. The number of carbonyl (C=O) groups is 3. The van der Waals surface area contributed by atoms with Gasteiger partial charge < -0.3 is 14.3 Å². The Kier molecular flexibility index (Phi) is 9.79. The first-order valence-electron chi connectivity index (χ1n) is 7.50. The molecular weight excluding hydrogens is 346 g/mol. The lowest BCUT2D eigenvalue weighted by Gasteiger charge is -2.21. The van der Waals surface area contributed by atoms with Crippen molar-refractivity contribution in [2.45, 2.75) is 6.04 Å². The van der Waals surface area contributed by atoms with Gasteiger partial charge >= 0.3 is 12.1 Å². The highest BCUT2D eigenvalue weighted by Gasteiger charge is 2.24. The van der Waals surface area contributed by atoms with Crippen molar-refractivity contribution in [2.75, 3.05) is 32.8 Å². The Labute approximate surface area is 150 Å². The normalized spacial score (nSPS) is 11.2. The smallest absolute Gasteiger partial charge is 0.410 e. The Morgan fingerprint density at radius 2 is 2.04 bits per heavy atom. The summed E-state index contributed by atoms with van der Waals surface area (Å²) < 4.78 is 9.96. The summed E-state index contributed by atoms with van der Waals surface area (Å²) >= 11 is 1.31. The highest BCUT2D eigenvalue weighted by molar-refractivity contribution is 7.09. The van der Waals surface area contributed by atoms with Crippen LogP contribution < -0.4 is 5.32 Å². The van der Waals surface area contributed by atoms with Crippen molar-refractivity contribution < 1.29 is 23.9 Å². The predicted molar refractivity (Wildman–Crippen MR) is 93.2 cm³/mol. The lowest BCUT2D eigenvalue weighted by molar-refractivity contribution is -0.145. The van der Waals surface area contributed by atoms with Crippen LogP contribution in [0.4, 0.5) is 4.79 Å². The molecule has 0 aliphatic carbocycles. The standard InChI is InChI=1S/C16H21N3O5S/c1-3-10-23-15(21)13(14-18-6-12-25-14)17-5-7-19(8-9-20)16(22)24-11-4-2/h3-4,6,9,12-13,17H,1-2,5,7-8,10-11H2. The molecule has 0 saturated carbocycles. The van der Waals surface area contributed by atoms with Crippen molar-refractivity contribution in [2.24, 2.45) is 0 Å². The summed E-state index contributed by atoms with van der Waals surface area (Å²) in [6.45, 7) is 7.39. The number of nitrogens with one attached hydrogen (secondary N) is 1. The van der Waals surface area contributed by atoms with Gasteiger partial charge in [-0.3, -0.25) is 10.2 Å². The highest BCUT2D eigenvalue weighted by Crippen LogP contribution is 2.17. The minimum atomic E-state index is -0.762. The van der Waals surface area contributed by atoms with E-state index < -0.39 is 18.1 Å². The third-order valence-electron chi connectivity index (χ3n) is 2.89. The number of hydrogen-bond acceptors (Lipinski definition) is 8. The summed E-state index contributed by atoms with van der Waals surface area (Å²) in [7, 11) is 0. The monoisotopic (exact) mass is 367 g/mol. The Morgan fingerprint density at radius 1 is 1.32 bits per heavy atom. The number of aldehydes is 1. The van der Waals surface area contributed by atoms with Crippen LogP contribution in [0.3, 0.4) is 0 Å². The predicted octanol–water partition coefficient (Wildman–Crippen LogP) is 1.33. The lowest BCUT2D eigenvalue weighted by atomic mass is 10.3. The van der Waals surface area contributed by atoms with Crippen molar-refractivity contribution in [1.82, 2.24) is 15.2 Å². The van der Waals surface area contributed by atoms with Gasteiger partial charge in [-0.2, -0.15) is 0 Å². The molecule has 1 N–H and O–H groups in total. The molecule has 0 aliphatic rings. The number of carbonyl (C=O) groups excluding carboxylic acids is 3. The summed E-state index contributed by atoms with van der Waals surface area (Å²) in [6, 6.07) is -0.762. The molecule has 136 valence electrons. The van der Waals surface area contributed by atoms with Crippen LogP contribution in [0.5, 0.6) is 0 Å². The molecule has 0 aliphatic heterocycles. The van der Waals surface area contributed by atoms with Gasteiger partial charge in [0.2, 0.25) is 0 Å². The van der Waals surface area contributed by atoms with E-state index in [0.29, 0.717) is 11.3 Å². The molecule has 0 bridgehead atoms. The van der Waals surface area contributed by atoms with E-state index in [1.807, 2.05) is 0 Å². The Morgan fingerprint density at radius 3 is 2.64 bits per heavy atom. The molecule has 0 aromatic carbocycles. The second-order valence-corrected chi connectivity index (χ2v) is 5.58. The number of thiazole rings is 1. The molecule has 8 nitrogen and oxygen atoms in total. The van der Waals surface area contributed by atoms with E-state index >= 15 is 0 Å². The molecular formula is C16H21N3O5S. The summed E-state index contributed by atoms with van der Waals surface area (Å²) in [5.74, 6) is -0.494. The zero-order valence-electron chi connectivity index (χ0n) is 13.8. The molecule has 1 heterocycles. The third-order valence-corrected chi connectivity index (χ3v) is 3.73. The summed E-state index contributed by atoms with van der Waals surface area (Å²) in [5.41, 5.74) is 0. The molecule has 0 fully saturated rings. The van der Waals surface area contributed by atoms with Gasteiger partial charge in [0.05, 0.1) is 6.54 Å². The number of rotatable bonds is 12. The van der Waals surface area contributed by atoms with E-state index in [-0.39, 0.29) is 32.8 Å². The van der Waals surface area contributed by atoms with E-state index in [1.165, 1.54) is 28.4 Å². The van der Waals surface area contributed by atoms with Gasteiger partial charge in [-0.1, -0.05) is 25.3 Å². The lowest BCUT2D eigenvalue weighted by Crippen LogP contribution is -2.40. The van der Waals surface area contributed by atoms with Gasteiger partial charge in [0.1, 0.15) is 24.5 Å². The quantitative estimate of drug-likeness (QED) is 0.338. The van der Waals surface area contributed by atoms with Gasteiger partial charge in [0.15, 0.2) is 6.04 Å². The molecule has 1 aromatic rings. The number of esters is 1. The van der Waals surface area contributed by atoms with Gasteiger partial charge in [-0.05, 0) is 0 Å². The Bertz CT molecular complexity index is 576. The Hall–Kier alpha value is -2.52. The molecule has 0 spiro atoms. The maximum absolute atomic E-state index is 12.1. The highest BCUT2D eigenvalue weighted by atomic mass is 32.1. The van der Waals surface area contributed by atoms with E-state index in [0.717, 1.165) is 0 Å². The molecule has 1 rings (SSSR count). The van der Waals surface area contributed by atoms with Gasteiger partial charge in [-0.15, -0.1) is 11.3 Å².